The Morgan fingerprint density at radius 1 is 1.08 bits per heavy atom. The van der Waals surface area contributed by atoms with E-state index in [4.69, 9.17) is 14.2 Å². The van der Waals surface area contributed by atoms with E-state index < -0.39 is 51.3 Å². The van der Waals surface area contributed by atoms with Gasteiger partial charge in [0, 0.05) is 34.2 Å². The molecule has 1 aliphatic heterocycles. The summed E-state index contributed by atoms with van der Waals surface area (Å²) < 4.78 is 92.9. The van der Waals surface area contributed by atoms with Gasteiger partial charge in [0.25, 0.3) is 0 Å². The summed E-state index contributed by atoms with van der Waals surface area (Å²) in [5.41, 5.74) is -4.45. The van der Waals surface area contributed by atoms with Gasteiger partial charge in [-0.15, -0.1) is 11.3 Å². The minimum absolute atomic E-state index is 0.0624. The van der Waals surface area contributed by atoms with E-state index >= 15 is 4.39 Å². The average Bonchev–Trinajstić information content (AvgIpc) is 3.36. The summed E-state index contributed by atoms with van der Waals surface area (Å²) >= 11 is 1.10. The Balaban J connectivity index is 1.68. The van der Waals surface area contributed by atoms with E-state index in [1.165, 1.54) is 18.2 Å². The smallest absolute Gasteiger partial charge is 0.417 e. The van der Waals surface area contributed by atoms with Crippen LogP contribution in [0.25, 0.3) is 32.1 Å². The molecule has 0 unspecified atom stereocenters. The van der Waals surface area contributed by atoms with Crippen LogP contribution in [0.5, 0.6) is 11.9 Å². The Morgan fingerprint density at radius 2 is 1.80 bits per heavy atom. The van der Waals surface area contributed by atoms with Crippen molar-refractivity contribution in [2.24, 2.45) is 5.41 Å². The van der Waals surface area contributed by atoms with Crippen LogP contribution in [0, 0.1) is 11.2 Å². The molecular formula is C35H39F5N4O4S. The van der Waals surface area contributed by atoms with Crippen molar-refractivity contribution in [1.82, 2.24) is 14.9 Å². The third-order valence-corrected chi connectivity index (χ3v) is 8.86. The van der Waals surface area contributed by atoms with Crippen LogP contribution in [-0.4, -0.2) is 58.9 Å². The van der Waals surface area contributed by atoms with Gasteiger partial charge in [-0.3, -0.25) is 5.32 Å². The molecule has 5 rings (SSSR count). The van der Waals surface area contributed by atoms with Gasteiger partial charge in [0.1, 0.15) is 23.3 Å². The van der Waals surface area contributed by atoms with Crippen LogP contribution in [0.1, 0.15) is 60.5 Å². The van der Waals surface area contributed by atoms with Gasteiger partial charge in [-0.2, -0.15) is 23.1 Å². The largest absolute Gasteiger partial charge is 0.471 e. The molecule has 1 aliphatic rings. The molecule has 0 radical (unpaired) electrons. The Labute approximate surface area is 285 Å². The summed E-state index contributed by atoms with van der Waals surface area (Å²) in [6.07, 6.45) is -4.70. The van der Waals surface area contributed by atoms with Gasteiger partial charge in [-0.1, -0.05) is 19.1 Å². The van der Waals surface area contributed by atoms with Gasteiger partial charge in [0.05, 0.1) is 22.3 Å². The number of likely N-dealkylation sites (tertiary alicyclic amines) is 1. The minimum atomic E-state index is -5.00. The van der Waals surface area contributed by atoms with E-state index in [2.05, 4.69) is 15.3 Å². The number of anilines is 1. The number of rotatable bonds is 6. The third-order valence-electron chi connectivity index (χ3n) is 7.85. The van der Waals surface area contributed by atoms with Gasteiger partial charge in [0.2, 0.25) is 5.88 Å². The summed E-state index contributed by atoms with van der Waals surface area (Å²) in [6, 6.07) is 6.47. The lowest BCUT2D eigenvalue weighted by Crippen LogP contribution is -2.44. The van der Waals surface area contributed by atoms with E-state index in [0.717, 1.165) is 17.4 Å². The van der Waals surface area contributed by atoms with Crippen LogP contribution in [0.15, 0.2) is 42.2 Å². The maximum Gasteiger partial charge on any atom is 0.417 e. The zero-order chi connectivity index (χ0) is 36.1. The molecule has 0 bridgehead atoms. The second kappa shape index (κ2) is 13.0. The number of hydrogen-bond acceptors (Lipinski definition) is 8. The predicted octanol–water partition coefficient (Wildman–Crippen LogP) is 9.77. The second-order valence-corrected chi connectivity index (χ2v) is 15.5. The summed E-state index contributed by atoms with van der Waals surface area (Å²) in [7, 11) is 1.90. The van der Waals surface area contributed by atoms with Gasteiger partial charge in [-0.25, -0.2) is 13.6 Å². The van der Waals surface area contributed by atoms with Crippen molar-refractivity contribution in [3.63, 3.8) is 0 Å². The average molecular weight is 707 g/mol. The highest BCUT2D eigenvalue weighted by Crippen LogP contribution is 2.47. The van der Waals surface area contributed by atoms with Crippen molar-refractivity contribution in [3.05, 3.63) is 53.6 Å². The van der Waals surface area contributed by atoms with Crippen molar-refractivity contribution in [2.45, 2.75) is 72.3 Å². The number of halogens is 5. The molecule has 49 heavy (non-hydrogen) atoms. The SMILES string of the molecule is CN1CC/C(=C\F)[C@](C)(COc2nc(OC(C)(C)C)c3cc(C(F)(F)F)c(-c4cccc5sc(NC(=O)OC(C)(C)C)cc45)c(F)c3n2)C1. The lowest BCUT2D eigenvalue weighted by molar-refractivity contribution is -0.137. The third kappa shape index (κ3) is 8.07. The fraction of sp³-hybridized carbons (Fsp3) is 0.457. The van der Waals surface area contributed by atoms with Crippen LogP contribution in [-0.2, 0) is 10.9 Å². The van der Waals surface area contributed by atoms with Crippen molar-refractivity contribution < 1.29 is 41.0 Å². The molecule has 2 aromatic carbocycles. The molecule has 0 spiro atoms. The summed E-state index contributed by atoms with van der Waals surface area (Å²) in [5, 5.41) is 2.88. The Kier molecular flexibility index (Phi) is 9.63. The van der Waals surface area contributed by atoms with Gasteiger partial charge in [-0.05, 0) is 84.3 Å². The summed E-state index contributed by atoms with van der Waals surface area (Å²) in [6.45, 7) is 13.0. The number of piperidine rings is 1. The molecule has 4 aromatic rings. The number of ether oxygens (including phenoxy) is 3. The van der Waals surface area contributed by atoms with E-state index in [0.29, 0.717) is 41.1 Å². The molecule has 0 aliphatic carbocycles. The van der Waals surface area contributed by atoms with Gasteiger partial charge < -0.3 is 19.1 Å². The first-order chi connectivity index (χ1) is 22.7. The molecule has 1 amide bonds. The van der Waals surface area contributed by atoms with E-state index in [1.807, 2.05) is 18.9 Å². The topological polar surface area (TPSA) is 85.8 Å². The van der Waals surface area contributed by atoms with Crippen LogP contribution in [0.3, 0.4) is 0 Å². The van der Waals surface area contributed by atoms with Crippen molar-refractivity contribution >= 4 is 43.4 Å². The summed E-state index contributed by atoms with van der Waals surface area (Å²) in [4.78, 5) is 23.0. The highest BCUT2D eigenvalue weighted by atomic mass is 32.1. The number of thiophene rings is 1. The molecule has 264 valence electrons. The fourth-order valence-corrected chi connectivity index (χ4v) is 6.76. The number of benzene rings is 2. The van der Waals surface area contributed by atoms with Crippen molar-refractivity contribution in [3.8, 4) is 23.0 Å². The molecule has 14 heteroatoms. The molecule has 1 fully saturated rings. The highest BCUT2D eigenvalue weighted by Gasteiger charge is 2.39. The number of carbonyl (C=O) groups is 1. The maximum atomic E-state index is 16.9. The molecule has 0 saturated carbocycles. The summed E-state index contributed by atoms with van der Waals surface area (Å²) in [5.74, 6) is -1.56. The zero-order valence-electron chi connectivity index (χ0n) is 28.6. The number of aromatic nitrogens is 2. The molecular weight excluding hydrogens is 667 g/mol. The normalized spacial score (nSPS) is 18.7. The Bertz CT molecular complexity index is 1930. The van der Waals surface area contributed by atoms with Crippen LogP contribution >= 0.6 is 11.3 Å². The van der Waals surface area contributed by atoms with E-state index in [9.17, 15) is 22.4 Å². The minimum Gasteiger partial charge on any atom is -0.471 e. The first-order valence-corrected chi connectivity index (χ1v) is 16.4. The number of hydrogen-bond donors (Lipinski definition) is 1. The Morgan fingerprint density at radius 3 is 2.43 bits per heavy atom. The molecule has 1 saturated heterocycles. The number of alkyl halides is 3. The maximum absolute atomic E-state index is 16.9. The molecule has 1 atom stereocenters. The standard InChI is InChI=1S/C35H39F5N4O4S/c1-32(2,3)47-29-22-14-23(35(38,39)40)26(20-10-9-11-24-21(20)15-25(49-24)41-31(45)48-33(4,5)6)27(37)28(22)42-30(43-29)46-18-34(7)17-44(8)13-12-19(34)16-36/h9-11,14-16H,12-13,17-18H2,1-8H3,(H,41,45)/b19-16+/t34-/m0/s1. The molecule has 2 aromatic heterocycles. The van der Waals surface area contributed by atoms with Crippen molar-refractivity contribution in [1.29, 1.82) is 0 Å². The second-order valence-electron chi connectivity index (χ2n) is 14.5. The van der Waals surface area contributed by atoms with Crippen molar-refractivity contribution in [2.75, 3.05) is 32.1 Å². The van der Waals surface area contributed by atoms with E-state index in [-0.39, 0.29) is 34.8 Å². The number of nitrogens with zero attached hydrogens (tertiary/aromatic N) is 3. The number of nitrogens with one attached hydrogen (secondary N) is 1. The van der Waals surface area contributed by atoms with Crippen LogP contribution < -0.4 is 14.8 Å². The fourth-order valence-electron chi connectivity index (χ4n) is 5.78. The van der Waals surface area contributed by atoms with Crippen LogP contribution in [0.2, 0.25) is 0 Å². The van der Waals surface area contributed by atoms with Gasteiger partial charge >= 0.3 is 18.3 Å². The zero-order valence-corrected chi connectivity index (χ0v) is 29.4. The monoisotopic (exact) mass is 706 g/mol. The number of carbonyl (C=O) groups excluding carboxylic acids is 1. The predicted molar refractivity (Wildman–Crippen MR) is 180 cm³/mol. The lowest BCUT2D eigenvalue weighted by Gasteiger charge is -2.40. The molecule has 3 heterocycles. The van der Waals surface area contributed by atoms with E-state index in [1.54, 1.807) is 47.6 Å². The quantitative estimate of drug-likeness (QED) is 0.200. The number of fused-ring (bicyclic) bond motifs is 2. The molecule has 8 nitrogen and oxygen atoms in total. The lowest BCUT2D eigenvalue weighted by atomic mass is 9.78. The molecule has 1 N–H and O–H groups in total. The van der Waals surface area contributed by atoms with Gasteiger partial charge in [0.15, 0.2) is 5.82 Å². The highest BCUT2D eigenvalue weighted by molar-refractivity contribution is 7.23. The first-order valence-electron chi connectivity index (χ1n) is 15.6. The number of amides is 1. The Hall–Kier alpha value is -4.04. The first kappa shape index (κ1) is 36.2. The van der Waals surface area contributed by atoms with Crippen LogP contribution in [0.4, 0.5) is 31.7 Å².